The van der Waals surface area contributed by atoms with Crippen LogP contribution in [0, 0.1) is 0 Å². The number of rotatable bonds is 6. The number of H-pyrrole nitrogens is 1. The molecular formula is C18H15ClN4O2. The Labute approximate surface area is 149 Å². The summed E-state index contributed by atoms with van der Waals surface area (Å²) in [5, 5.41) is 10.0. The summed E-state index contributed by atoms with van der Waals surface area (Å²) in [5.41, 5.74) is 4.42. The lowest BCUT2D eigenvalue weighted by atomic mass is 10.2. The normalized spacial score (nSPS) is 10.8. The van der Waals surface area contributed by atoms with E-state index in [0.29, 0.717) is 18.0 Å². The van der Waals surface area contributed by atoms with Crippen LogP contribution in [0.4, 0.5) is 5.69 Å². The third-order valence-electron chi connectivity index (χ3n) is 3.34. The molecule has 0 aliphatic carbocycles. The summed E-state index contributed by atoms with van der Waals surface area (Å²) < 4.78 is 5.86. The van der Waals surface area contributed by atoms with E-state index in [4.69, 9.17) is 16.3 Å². The fraction of sp³-hybridized carbons (Fsp3) is 0.0556. The molecule has 0 spiro atoms. The number of nitrogens with one attached hydrogen (secondary N) is 2. The van der Waals surface area contributed by atoms with E-state index in [-0.39, 0.29) is 5.02 Å². The standard InChI is InChI=1S/C18H15ClN4O2/c19-17-15(11-21-23-18(17)24)22-20-10-14-8-4-5-9-16(14)25-12-13-6-2-1-3-7-13/h1-11H,12H2,(H2,22,23,24)/b20-10+. The van der Waals surface area contributed by atoms with Crippen LogP contribution >= 0.6 is 11.6 Å². The zero-order chi connectivity index (χ0) is 17.5. The zero-order valence-electron chi connectivity index (χ0n) is 13.1. The minimum Gasteiger partial charge on any atom is -0.488 e. The number of halogens is 1. The van der Waals surface area contributed by atoms with Crippen LogP contribution in [0.15, 0.2) is 70.7 Å². The van der Waals surface area contributed by atoms with Gasteiger partial charge < -0.3 is 4.74 Å². The van der Waals surface area contributed by atoms with Crippen molar-refractivity contribution in [2.24, 2.45) is 5.10 Å². The number of benzene rings is 2. The Kier molecular flexibility index (Phi) is 5.43. The molecule has 3 aromatic rings. The van der Waals surface area contributed by atoms with Gasteiger partial charge in [-0.2, -0.15) is 10.2 Å². The van der Waals surface area contributed by atoms with E-state index in [0.717, 1.165) is 11.1 Å². The Hall–Kier alpha value is -3.12. The van der Waals surface area contributed by atoms with Crippen molar-refractivity contribution >= 4 is 23.5 Å². The van der Waals surface area contributed by atoms with Gasteiger partial charge in [0.2, 0.25) is 0 Å². The summed E-state index contributed by atoms with van der Waals surface area (Å²) in [5.74, 6) is 0.701. The van der Waals surface area contributed by atoms with Gasteiger partial charge in [0.1, 0.15) is 23.1 Å². The Morgan fingerprint density at radius 3 is 2.76 bits per heavy atom. The molecule has 0 aliphatic rings. The molecule has 2 aromatic carbocycles. The second kappa shape index (κ2) is 8.12. The first kappa shape index (κ1) is 16.7. The number of aromatic amines is 1. The summed E-state index contributed by atoms with van der Waals surface area (Å²) in [4.78, 5) is 11.4. The van der Waals surface area contributed by atoms with E-state index < -0.39 is 5.56 Å². The first-order chi connectivity index (χ1) is 12.2. The topological polar surface area (TPSA) is 79.4 Å². The number of anilines is 1. The highest BCUT2D eigenvalue weighted by Gasteiger charge is 2.04. The molecular weight excluding hydrogens is 340 g/mol. The van der Waals surface area contributed by atoms with Crippen LogP contribution in [0.5, 0.6) is 5.75 Å². The van der Waals surface area contributed by atoms with Crippen LogP contribution in [0.1, 0.15) is 11.1 Å². The number of hydrogen-bond acceptors (Lipinski definition) is 5. The lowest BCUT2D eigenvalue weighted by Gasteiger charge is -2.09. The molecule has 0 unspecified atom stereocenters. The highest BCUT2D eigenvalue weighted by Crippen LogP contribution is 2.18. The fourth-order valence-electron chi connectivity index (χ4n) is 2.09. The van der Waals surface area contributed by atoms with Crippen molar-refractivity contribution < 1.29 is 4.74 Å². The van der Waals surface area contributed by atoms with Gasteiger partial charge in [0.25, 0.3) is 5.56 Å². The molecule has 25 heavy (non-hydrogen) atoms. The number of ether oxygens (including phenoxy) is 1. The highest BCUT2D eigenvalue weighted by atomic mass is 35.5. The van der Waals surface area contributed by atoms with Crippen LogP contribution in [0.3, 0.4) is 0 Å². The maximum atomic E-state index is 11.4. The lowest BCUT2D eigenvalue weighted by molar-refractivity contribution is 0.306. The molecule has 7 heteroatoms. The number of hydrogen-bond donors (Lipinski definition) is 2. The molecule has 0 saturated heterocycles. The second-order valence-electron chi connectivity index (χ2n) is 5.11. The molecule has 1 heterocycles. The summed E-state index contributed by atoms with van der Waals surface area (Å²) >= 11 is 5.88. The molecule has 1 aromatic heterocycles. The zero-order valence-corrected chi connectivity index (χ0v) is 13.9. The van der Waals surface area contributed by atoms with Crippen molar-refractivity contribution in [3.8, 4) is 5.75 Å². The Morgan fingerprint density at radius 1 is 1.16 bits per heavy atom. The molecule has 0 amide bonds. The van der Waals surface area contributed by atoms with Gasteiger partial charge in [-0.25, -0.2) is 5.10 Å². The molecule has 2 N–H and O–H groups in total. The molecule has 0 bridgehead atoms. The molecule has 6 nitrogen and oxygen atoms in total. The SMILES string of the molecule is O=c1[nH]ncc(N/N=C/c2ccccc2OCc2ccccc2)c1Cl. The van der Waals surface area contributed by atoms with Gasteiger partial charge in [-0.1, -0.05) is 54.1 Å². The molecule has 0 aliphatic heterocycles. The molecule has 3 rings (SSSR count). The minimum absolute atomic E-state index is 0.000706. The Bertz CT molecular complexity index is 926. The third kappa shape index (κ3) is 4.45. The number of nitrogens with zero attached hydrogens (tertiary/aromatic N) is 2. The largest absolute Gasteiger partial charge is 0.488 e. The van der Waals surface area contributed by atoms with Gasteiger partial charge in [-0.15, -0.1) is 0 Å². The summed E-state index contributed by atoms with van der Waals surface area (Å²) in [6, 6.07) is 17.4. The van der Waals surface area contributed by atoms with Crippen LogP contribution in [0.25, 0.3) is 0 Å². The van der Waals surface area contributed by atoms with Crippen molar-refractivity contribution in [3.63, 3.8) is 0 Å². The third-order valence-corrected chi connectivity index (χ3v) is 3.72. The van der Waals surface area contributed by atoms with Crippen LogP contribution < -0.4 is 15.7 Å². The maximum absolute atomic E-state index is 11.4. The van der Waals surface area contributed by atoms with Crippen molar-refractivity contribution in [2.75, 3.05) is 5.43 Å². The van der Waals surface area contributed by atoms with E-state index in [1.165, 1.54) is 6.20 Å². The van der Waals surface area contributed by atoms with E-state index in [2.05, 4.69) is 20.7 Å². The average molecular weight is 355 g/mol. The fourth-order valence-corrected chi connectivity index (χ4v) is 2.22. The molecule has 0 radical (unpaired) electrons. The summed E-state index contributed by atoms with van der Waals surface area (Å²) in [6.07, 6.45) is 2.98. The minimum atomic E-state index is -0.478. The monoisotopic (exact) mass is 354 g/mol. The van der Waals surface area contributed by atoms with E-state index in [1.807, 2.05) is 54.6 Å². The summed E-state index contributed by atoms with van der Waals surface area (Å²) in [7, 11) is 0. The van der Waals surface area contributed by atoms with Crippen LogP contribution in [-0.4, -0.2) is 16.4 Å². The molecule has 0 saturated carbocycles. The quantitative estimate of drug-likeness (QED) is 0.525. The summed E-state index contributed by atoms with van der Waals surface area (Å²) in [6.45, 7) is 0.461. The second-order valence-corrected chi connectivity index (χ2v) is 5.49. The number of aromatic nitrogens is 2. The number of para-hydroxylation sites is 1. The lowest BCUT2D eigenvalue weighted by Crippen LogP contribution is -2.10. The van der Waals surface area contributed by atoms with Gasteiger partial charge in [0, 0.05) is 5.56 Å². The predicted molar refractivity (Wildman–Crippen MR) is 98.3 cm³/mol. The average Bonchev–Trinajstić information content (AvgIpc) is 2.65. The van der Waals surface area contributed by atoms with Gasteiger partial charge in [-0.05, 0) is 17.7 Å². The van der Waals surface area contributed by atoms with E-state index >= 15 is 0 Å². The maximum Gasteiger partial charge on any atom is 0.285 e. The van der Waals surface area contributed by atoms with Gasteiger partial charge in [0.15, 0.2) is 0 Å². The van der Waals surface area contributed by atoms with Gasteiger partial charge in [0.05, 0.1) is 12.4 Å². The van der Waals surface area contributed by atoms with Crippen molar-refractivity contribution in [3.05, 3.63) is 87.3 Å². The Morgan fingerprint density at radius 2 is 1.92 bits per heavy atom. The smallest absolute Gasteiger partial charge is 0.285 e. The first-order valence-electron chi connectivity index (χ1n) is 7.52. The predicted octanol–water partition coefficient (Wildman–Crippen LogP) is 3.45. The first-order valence-corrected chi connectivity index (χ1v) is 7.90. The van der Waals surface area contributed by atoms with Crippen molar-refractivity contribution in [1.82, 2.24) is 10.2 Å². The van der Waals surface area contributed by atoms with Gasteiger partial charge in [-0.3, -0.25) is 10.2 Å². The highest BCUT2D eigenvalue weighted by molar-refractivity contribution is 6.32. The van der Waals surface area contributed by atoms with Crippen LogP contribution in [-0.2, 0) is 6.61 Å². The molecule has 0 atom stereocenters. The Balaban J connectivity index is 1.70. The number of hydrazone groups is 1. The van der Waals surface area contributed by atoms with Gasteiger partial charge >= 0.3 is 0 Å². The van der Waals surface area contributed by atoms with Crippen LogP contribution in [0.2, 0.25) is 5.02 Å². The van der Waals surface area contributed by atoms with Crippen molar-refractivity contribution in [1.29, 1.82) is 0 Å². The molecule has 126 valence electrons. The van der Waals surface area contributed by atoms with E-state index in [9.17, 15) is 4.79 Å². The van der Waals surface area contributed by atoms with Crippen molar-refractivity contribution in [2.45, 2.75) is 6.61 Å². The van der Waals surface area contributed by atoms with E-state index in [1.54, 1.807) is 6.21 Å². The molecule has 0 fully saturated rings.